The van der Waals surface area contributed by atoms with Crippen molar-refractivity contribution >= 4 is 18.3 Å². The van der Waals surface area contributed by atoms with Crippen LogP contribution in [0.5, 0.6) is 0 Å². The van der Waals surface area contributed by atoms with Gasteiger partial charge in [0, 0.05) is 12.5 Å². The molecule has 1 aliphatic rings. The van der Waals surface area contributed by atoms with E-state index in [0.717, 1.165) is 32.2 Å². The first-order valence-electron chi connectivity index (χ1n) is 8.28. The lowest BCUT2D eigenvalue weighted by atomic mass is 9.93. The molecule has 1 unspecified atom stereocenters. The van der Waals surface area contributed by atoms with Crippen molar-refractivity contribution in [3.8, 4) is 0 Å². The minimum Gasteiger partial charge on any atom is -0.336 e. The number of carbonyl (C=O) groups excluding carboxylic acids is 1. The number of rotatable bonds is 6. The van der Waals surface area contributed by atoms with Gasteiger partial charge in [0.15, 0.2) is 0 Å². The lowest BCUT2D eigenvalue weighted by Gasteiger charge is -2.34. The van der Waals surface area contributed by atoms with Crippen LogP contribution in [0.15, 0.2) is 30.3 Å². The zero-order valence-corrected chi connectivity index (χ0v) is 14.5. The molecule has 0 saturated heterocycles. The molecule has 124 valence electrons. The maximum Gasteiger partial charge on any atom is 0.226 e. The quantitative estimate of drug-likeness (QED) is 0.865. The molecular formula is C18H29ClN2O. The topological polar surface area (TPSA) is 46.3 Å². The van der Waals surface area contributed by atoms with Crippen molar-refractivity contribution in [3.63, 3.8) is 0 Å². The van der Waals surface area contributed by atoms with E-state index in [-0.39, 0.29) is 24.4 Å². The van der Waals surface area contributed by atoms with Crippen LogP contribution in [0.3, 0.4) is 0 Å². The zero-order valence-electron chi connectivity index (χ0n) is 13.7. The molecule has 0 radical (unpaired) electrons. The normalized spacial score (nSPS) is 22.0. The molecule has 0 spiro atoms. The van der Waals surface area contributed by atoms with Crippen molar-refractivity contribution in [1.29, 1.82) is 0 Å². The Balaban J connectivity index is 0.00000242. The Morgan fingerprint density at radius 3 is 2.50 bits per heavy atom. The van der Waals surface area contributed by atoms with Gasteiger partial charge in [-0.05, 0) is 44.2 Å². The second-order valence-corrected chi connectivity index (χ2v) is 5.99. The molecular weight excluding hydrogens is 296 g/mol. The van der Waals surface area contributed by atoms with Crippen LogP contribution < -0.4 is 5.73 Å². The molecule has 0 bridgehead atoms. The number of nitrogens with zero attached hydrogens (tertiary/aromatic N) is 1. The van der Waals surface area contributed by atoms with E-state index < -0.39 is 0 Å². The molecule has 0 aliphatic heterocycles. The van der Waals surface area contributed by atoms with Crippen LogP contribution in [0, 0.1) is 11.8 Å². The van der Waals surface area contributed by atoms with Gasteiger partial charge in [-0.25, -0.2) is 0 Å². The molecule has 3 nitrogen and oxygen atoms in total. The summed E-state index contributed by atoms with van der Waals surface area (Å²) in [6.45, 7) is 5.63. The summed E-state index contributed by atoms with van der Waals surface area (Å²) in [5, 5.41) is 0. The van der Waals surface area contributed by atoms with Gasteiger partial charge in [-0.1, -0.05) is 43.7 Å². The Hall–Kier alpha value is -1.06. The van der Waals surface area contributed by atoms with Crippen molar-refractivity contribution in [3.05, 3.63) is 35.9 Å². The van der Waals surface area contributed by atoms with E-state index >= 15 is 0 Å². The number of hydrogen-bond donors (Lipinski definition) is 1. The monoisotopic (exact) mass is 324 g/mol. The summed E-state index contributed by atoms with van der Waals surface area (Å²) in [5.41, 5.74) is 7.09. The summed E-state index contributed by atoms with van der Waals surface area (Å²) in [4.78, 5) is 15.1. The number of benzene rings is 1. The van der Waals surface area contributed by atoms with E-state index in [1.54, 1.807) is 0 Å². The Bertz CT molecular complexity index is 452. The predicted octanol–water partition coefficient (Wildman–Crippen LogP) is 3.78. The molecule has 3 atom stereocenters. The van der Waals surface area contributed by atoms with E-state index in [4.69, 9.17) is 5.73 Å². The van der Waals surface area contributed by atoms with Crippen LogP contribution >= 0.6 is 12.4 Å². The predicted molar refractivity (Wildman–Crippen MR) is 94.0 cm³/mol. The molecule has 2 rings (SSSR count). The minimum atomic E-state index is 0. The molecule has 1 fully saturated rings. The van der Waals surface area contributed by atoms with Gasteiger partial charge in [0.2, 0.25) is 5.91 Å². The Labute approximate surface area is 140 Å². The molecule has 1 aromatic carbocycles. The molecule has 1 aromatic rings. The summed E-state index contributed by atoms with van der Waals surface area (Å²) in [6, 6.07) is 10.6. The van der Waals surface area contributed by atoms with E-state index in [0.29, 0.717) is 18.4 Å². The smallest absolute Gasteiger partial charge is 0.226 e. The highest BCUT2D eigenvalue weighted by Crippen LogP contribution is 2.35. The molecule has 0 heterocycles. The third-order valence-corrected chi connectivity index (χ3v) is 4.85. The van der Waals surface area contributed by atoms with Crippen LogP contribution in [-0.4, -0.2) is 23.9 Å². The van der Waals surface area contributed by atoms with Crippen LogP contribution in [0.25, 0.3) is 0 Å². The van der Waals surface area contributed by atoms with Gasteiger partial charge in [0.25, 0.3) is 0 Å². The molecule has 2 N–H and O–H groups in total. The van der Waals surface area contributed by atoms with Crippen LogP contribution in [0.4, 0.5) is 0 Å². The minimum absolute atomic E-state index is 0. The van der Waals surface area contributed by atoms with Crippen molar-refractivity contribution in [2.75, 3.05) is 13.1 Å². The summed E-state index contributed by atoms with van der Waals surface area (Å²) in [5.74, 6) is 0.814. The average Bonchev–Trinajstić information content (AvgIpc) is 3.01. The van der Waals surface area contributed by atoms with Gasteiger partial charge < -0.3 is 10.6 Å². The Morgan fingerprint density at radius 2 is 1.95 bits per heavy atom. The first-order valence-corrected chi connectivity index (χ1v) is 8.28. The molecule has 0 aromatic heterocycles. The Morgan fingerprint density at radius 1 is 1.27 bits per heavy atom. The van der Waals surface area contributed by atoms with E-state index in [9.17, 15) is 4.79 Å². The second-order valence-electron chi connectivity index (χ2n) is 5.99. The second kappa shape index (κ2) is 9.16. The number of nitrogens with two attached hydrogens (primary N) is 1. The first kappa shape index (κ1) is 19.0. The molecule has 4 heteroatoms. The molecule has 1 amide bonds. The maximum absolute atomic E-state index is 13.0. The van der Waals surface area contributed by atoms with Gasteiger partial charge in [-0.15, -0.1) is 12.4 Å². The summed E-state index contributed by atoms with van der Waals surface area (Å²) >= 11 is 0. The van der Waals surface area contributed by atoms with Crippen LogP contribution in [0.1, 0.15) is 51.1 Å². The van der Waals surface area contributed by atoms with Crippen molar-refractivity contribution < 1.29 is 4.79 Å². The molecule has 1 aliphatic carbocycles. The highest BCUT2D eigenvalue weighted by Gasteiger charge is 2.36. The van der Waals surface area contributed by atoms with E-state index in [1.165, 1.54) is 5.56 Å². The Kier molecular flexibility index (Phi) is 7.91. The number of hydrogen-bond acceptors (Lipinski definition) is 2. The van der Waals surface area contributed by atoms with Gasteiger partial charge in [0.1, 0.15) is 0 Å². The van der Waals surface area contributed by atoms with E-state index in [2.05, 4.69) is 43.0 Å². The van der Waals surface area contributed by atoms with E-state index in [1.807, 2.05) is 6.07 Å². The number of halogens is 1. The fourth-order valence-electron chi connectivity index (χ4n) is 3.70. The zero-order chi connectivity index (χ0) is 15.2. The van der Waals surface area contributed by atoms with Gasteiger partial charge in [-0.2, -0.15) is 0 Å². The number of amides is 1. The largest absolute Gasteiger partial charge is 0.336 e. The van der Waals surface area contributed by atoms with Crippen molar-refractivity contribution in [2.24, 2.45) is 17.6 Å². The third-order valence-electron chi connectivity index (χ3n) is 4.85. The lowest BCUT2D eigenvalue weighted by molar-refractivity contribution is -0.139. The van der Waals surface area contributed by atoms with Gasteiger partial charge >= 0.3 is 0 Å². The summed E-state index contributed by atoms with van der Waals surface area (Å²) < 4.78 is 0. The van der Waals surface area contributed by atoms with Crippen molar-refractivity contribution in [2.45, 2.75) is 45.6 Å². The fourth-order valence-corrected chi connectivity index (χ4v) is 3.70. The van der Waals surface area contributed by atoms with Crippen molar-refractivity contribution in [1.82, 2.24) is 4.90 Å². The average molecular weight is 325 g/mol. The summed E-state index contributed by atoms with van der Waals surface area (Å²) in [6.07, 6.45) is 4.19. The van der Waals surface area contributed by atoms with Crippen LogP contribution in [-0.2, 0) is 4.79 Å². The van der Waals surface area contributed by atoms with Gasteiger partial charge in [-0.3, -0.25) is 4.79 Å². The number of carbonyl (C=O) groups is 1. The highest BCUT2D eigenvalue weighted by molar-refractivity contribution is 5.85. The SMILES string of the molecule is CCC(c1ccccc1)N(CC)C(=O)[C@@H]1CCC[C@@H]1CN.Cl. The third kappa shape index (κ3) is 4.02. The molecule has 1 saturated carbocycles. The first-order chi connectivity index (χ1) is 10.2. The summed E-state index contributed by atoms with van der Waals surface area (Å²) in [7, 11) is 0. The standard InChI is InChI=1S/C18H28N2O.ClH/c1-3-17(14-9-6-5-7-10-14)20(4-2)18(21)16-12-8-11-15(16)13-19;/h5-7,9-10,15-17H,3-4,8,11-13,19H2,1-2H3;1H/t15-,16-,17?;/m1./s1. The highest BCUT2D eigenvalue weighted by atomic mass is 35.5. The fraction of sp³-hybridized carbons (Fsp3) is 0.611. The maximum atomic E-state index is 13.0. The lowest BCUT2D eigenvalue weighted by Crippen LogP contribution is -2.41. The van der Waals surface area contributed by atoms with Gasteiger partial charge in [0.05, 0.1) is 6.04 Å². The molecule has 22 heavy (non-hydrogen) atoms. The van der Waals surface area contributed by atoms with Crippen LogP contribution in [0.2, 0.25) is 0 Å².